The van der Waals surface area contributed by atoms with Crippen molar-refractivity contribution in [1.82, 2.24) is 9.97 Å². The van der Waals surface area contributed by atoms with Crippen LogP contribution in [0.2, 0.25) is 0 Å². The lowest BCUT2D eigenvalue weighted by atomic mass is 10.3. The Balaban J connectivity index is 2.85. The second kappa shape index (κ2) is 2.19. The summed E-state index contributed by atoms with van der Waals surface area (Å²) in [5, 5.41) is 0. The molecule has 0 spiro atoms. The molecule has 1 rings (SSSR count). The topological polar surface area (TPSA) is 54.7 Å². The second-order valence-corrected chi connectivity index (χ2v) is 2.21. The number of hydrogen-bond donors (Lipinski definition) is 2. The van der Waals surface area contributed by atoms with Gasteiger partial charge in [-0.15, -0.1) is 0 Å². The Kier molecular flexibility index (Phi) is 1.53. The highest BCUT2D eigenvalue weighted by Gasteiger charge is 1.99. The first kappa shape index (κ1) is 6.29. The molecule has 0 aliphatic rings. The summed E-state index contributed by atoms with van der Waals surface area (Å²) < 4.78 is 0. The highest BCUT2D eigenvalue weighted by atomic mass is 14.9. The lowest BCUT2D eigenvalue weighted by Gasteiger charge is -1.97. The molecular formula is C6H11N3. The van der Waals surface area contributed by atoms with Gasteiger partial charge in [0.05, 0.1) is 5.69 Å². The fourth-order valence-electron chi connectivity index (χ4n) is 0.671. The normalized spacial score (nSPS) is 13.7. The van der Waals surface area contributed by atoms with Crippen LogP contribution in [-0.4, -0.2) is 9.97 Å². The van der Waals surface area contributed by atoms with E-state index in [1.165, 1.54) is 0 Å². The van der Waals surface area contributed by atoms with Crippen LogP contribution in [0.4, 0.5) is 0 Å². The van der Waals surface area contributed by atoms with Crippen molar-refractivity contribution < 1.29 is 0 Å². The highest BCUT2D eigenvalue weighted by molar-refractivity contribution is 5.03. The lowest BCUT2D eigenvalue weighted by Crippen LogP contribution is -2.04. The van der Waals surface area contributed by atoms with E-state index in [1.807, 2.05) is 13.8 Å². The highest BCUT2D eigenvalue weighted by Crippen LogP contribution is 2.03. The summed E-state index contributed by atoms with van der Waals surface area (Å²) >= 11 is 0. The zero-order valence-corrected chi connectivity index (χ0v) is 5.68. The SMILES string of the molecule is Cc1ncc([C@H](C)N)[nH]1. The van der Waals surface area contributed by atoms with E-state index in [2.05, 4.69) is 9.97 Å². The van der Waals surface area contributed by atoms with E-state index in [1.54, 1.807) is 6.20 Å². The van der Waals surface area contributed by atoms with E-state index in [0.29, 0.717) is 0 Å². The summed E-state index contributed by atoms with van der Waals surface area (Å²) in [4.78, 5) is 7.04. The molecule has 50 valence electrons. The van der Waals surface area contributed by atoms with E-state index in [-0.39, 0.29) is 6.04 Å². The van der Waals surface area contributed by atoms with Gasteiger partial charge >= 0.3 is 0 Å². The molecule has 3 nitrogen and oxygen atoms in total. The molecule has 0 saturated heterocycles. The number of aromatic amines is 1. The van der Waals surface area contributed by atoms with Crippen molar-refractivity contribution in [1.29, 1.82) is 0 Å². The molecule has 0 aliphatic heterocycles. The van der Waals surface area contributed by atoms with Crippen LogP contribution in [0.5, 0.6) is 0 Å². The molecule has 0 bridgehead atoms. The van der Waals surface area contributed by atoms with E-state index in [4.69, 9.17) is 5.73 Å². The predicted molar refractivity (Wildman–Crippen MR) is 35.9 cm³/mol. The number of imidazole rings is 1. The smallest absolute Gasteiger partial charge is 0.103 e. The maximum absolute atomic E-state index is 5.56. The Morgan fingerprint density at radius 2 is 2.44 bits per heavy atom. The van der Waals surface area contributed by atoms with Gasteiger partial charge in [-0.05, 0) is 13.8 Å². The first-order valence-electron chi connectivity index (χ1n) is 2.97. The van der Waals surface area contributed by atoms with Crippen LogP contribution < -0.4 is 5.73 Å². The third-order valence-corrected chi connectivity index (χ3v) is 1.21. The number of aryl methyl sites for hydroxylation is 1. The molecule has 1 atom stereocenters. The van der Waals surface area contributed by atoms with E-state index < -0.39 is 0 Å². The maximum atomic E-state index is 5.56. The third-order valence-electron chi connectivity index (χ3n) is 1.21. The van der Waals surface area contributed by atoms with Crippen LogP contribution in [0.3, 0.4) is 0 Å². The summed E-state index contributed by atoms with van der Waals surface area (Å²) in [5.41, 5.74) is 6.55. The number of aromatic nitrogens is 2. The molecule has 3 heteroatoms. The summed E-state index contributed by atoms with van der Waals surface area (Å²) in [6.45, 7) is 3.83. The Labute approximate surface area is 54.3 Å². The van der Waals surface area contributed by atoms with Crippen molar-refractivity contribution in [3.8, 4) is 0 Å². The molecule has 0 saturated carbocycles. The van der Waals surface area contributed by atoms with Crippen LogP contribution in [0.25, 0.3) is 0 Å². The molecule has 0 aliphatic carbocycles. The zero-order chi connectivity index (χ0) is 6.85. The van der Waals surface area contributed by atoms with Gasteiger partial charge in [0.25, 0.3) is 0 Å². The average molecular weight is 125 g/mol. The Morgan fingerprint density at radius 3 is 2.67 bits per heavy atom. The number of nitrogens with two attached hydrogens (primary N) is 1. The van der Waals surface area contributed by atoms with Crippen LogP contribution in [0, 0.1) is 6.92 Å². The van der Waals surface area contributed by atoms with Crippen LogP contribution in [-0.2, 0) is 0 Å². The molecule has 0 amide bonds. The second-order valence-electron chi connectivity index (χ2n) is 2.21. The zero-order valence-electron chi connectivity index (χ0n) is 5.68. The summed E-state index contributed by atoms with van der Waals surface area (Å²) in [5.74, 6) is 0.919. The van der Waals surface area contributed by atoms with Crippen LogP contribution >= 0.6 is 0 Å². The maximum Gasteiger partial charge on any atom is 0.103 e. The molecule has 0 radical (unpaired) electrons. The number of rotatable bonds is 1. The quantitative estimate of drug-likeness (QED) is 0.581. The predicted octanol–water partition coefficient (Wildman–Crippen LogP) is 0.738. The lowest BCUT2D eigenvalue weighted by molar-refractivity contribution is 0.786. The van der Waals surface area contributed by atoms with Crippen LogP contribution in [0.1, 0.15) is 24.5 Å². The van der Waals surface area contributed by atoms with Crippen molar-refractivity contribution in [3.63, 3.8) is 0 Å². The molecule has 9 heavy (non-hydrogen) atoms. The van der Waals surface area contributed by atoms with Gasteiger partial charge in [0.15, 0.2) is 0 Å². The van der Waals surface area contributed by atoms with Gasteiger partial charge in [0, 0.05) is 12.2 Å². The number of H-pyrrole nitrogens is 1. The minimum Gasteiger partial charge on any atom is -0.345 e. The Bertz CT molecular complexity index is 190. The molecule has 0 unspecified atom stereocenters. The molecule has 0 fully saturated rings. The van der Waals surface area contributed by atoms with Crippen molar-refractivity contribution in [2.24, 2.45) is 5.73 Å². The van der Waals surface area contributed by atoms with Crippen LogP contribution in [0.15, 0.2) is 6.20 Å². The van der Waals surface area contributed by atoms with E-state index in [0.717, 1.165) is 11.5 Å². The Hall–Kier alpha value is -0.830. The van der Waals surface area contributed by atoms with Gasteiger partial charge < -0.3 is 10.7 Å². The third kappa shape index (κ3) is 1.29. The summed E-state index contributed by atoms with van der Waals surface area (Å²) in [7, 11) is 0. The summed E-state index contributed by atoms with van der Waals surface area (Å²) in [6, 6.07) is 0.0613. The van der Waals surface area contributed by atoms with E-state index >= 15 is 0 Å². The number of nitrogens with zero attached hydrogens (tertiary/aromatic N) is 1. The molecule has 1 aromatic rings. The van der Waals surface area contributed by atoms with E-state index in [9.17, 15) is 0 Å². The monoisotopic (exact) mass is 125 g/mol. The largest absolute Gasteiger partial charge is 0.345 e. The first-order chi connectivity index (χ1) is 4.20. The minimum atomic E-state index is 0.0613. The van der Waals surface area contributed by atoms with Crippen molar-refractivity contribution >= 4 is 0 Å². The minimum absolute atomic E-state index is 0.0613. The fourth-order valence-corrected chi connectivity index (χ4v) is 0.671. The number of hydrogen-bond acceptors (Lipinski definition) is 2. The first-order valence-corrected chi connectivity index (χ1v) is 2.97. The Morgan fingerprint density at radius 1 is 1.78 bits per heavy atom. The molecule has 1 heterocycles. The van der Waals surface area contributed by atoms with Gasteiger partial charge in [0.2, 0.25) is 0 Å². The van der Waals surface area contributed by atoms with Gasteiger partial charge in [-0.3, -0.25) is 0 Å². The average Bonchev–Trinajstić information content (AvgIpc) is 2.14. The molecule has 0 aromatic carbocycles. The van der Waals surface area contributed by atoms with Gasteiger partial charge in [-0.2, -0.15) is 0 Å². The van der Waals surface area contributed by atoms with Crippen molar-refractivity contribution in [3.05, 3.63) is 17.7 Å². The van der Waals surface area contributed by atoms with Crippen molar-refractivity contribution in [2.45, 2.75) is 19.9 Å². The molecule has 3 N–H and O–H groups in total. The van der Waals surface area contributed by atoms with Crippen molar-refractivity contribution in [2.75, 3.05) is 0 Å². The molecule has 1 aromatic heterocycles. The van der Waals surface area contributed by atoms with Gasteiger partial charge in [0.1, 0.15) is 5.82 Å². The fraction of sp³-hybridized carbons (Fsp3) is 0.500. The van der Waals surface area contributed by atoms with Gasteiger partial charge in [-0.25, -0.2) is 4.98 Å². The number of nitrogens with one attached hydrogen (secondary N) is 1. The standard InChI is InChI=1S/C6H11N3/c1-4(7)6-3-8-5(2)9-6/h3-4H,7H2,1-2H3,(H,8,9)/t4-/m0/s1. The van der Waals surface area contributed by atoms with Gasteiger partial charge in [-0.1, -0.05) is 0 Å². The molecular weight excluding hydrogens is 114 g/mol. The summed E-state index contributed by atoms with van der Waals surface area (Å²) in [6.07, 6.45) is 1.76.